The number of benzene rings is 1. The third kappa shape index (κ3) is 3.19. The first-order valence-electron chi connectivity index (χ1n) is 6.14. The molecule has 8 heteroatoms. The average molecular weight is 301 g/mol. The van der Waals surface area contributed by atoms with Crippen molar-refractivity contribution in [3.63, 3.8) is 0 Å². The molecule has 1 fully saturated rings. The summed E-state index contributed by atoms with van der Waals surface area (Å²) < 4.78 is 36.4. The average Bonchev–Trinajstić information content (AvgIpc) is 2.34. The number of primary amides is 1. The molecule has 0 bridgehead atoms. The number of sulfone groups is 1. The quantitative estimate of drug-likeness (QED) is 0.703. The Balaban J connectivity index is 2.18. The van der Waals surface area contributed by atoms with Gasteiger partial charge in [0.1, 0.15) is 15.7 Å². The second-order valence-corrected chi connectivity index (χ2v) is 7.16. The molecule has 0 saturated carbocycles. The molecule has 0 aliphatic carbocycles. The molecule has 0 aromatic heterocycles. The molecule has 0 radical (unpaired) electrons. The van der Waals surface area contributed by atoms with Crippen molar-refractivity contribution in [2.45, 2.75) is 18.9 Å². The molecular weight excluding hydrogens is 285 g/mol. The van der Waals surface area contributed by atoms with Crippen LogP contribution in [0.25, 0.3) is 0 Å². The van der Waals surface area contributed by atoms with Crippen LogP contribution >= 0.6 is 0 Å². The summed E-state index contributed by atoms with van der Waals surface area (Å²) in [6.45, 7) is 0. The van der Waals surface area contributed by atoms with Gasteiger partial charge in [-0.25, -0.2) is 12.8 Å². The van der Waals surface area contributed by atoms with E-state index in [1.807, 2.05) is 0 Å². The first-order valence-corrected chi connectivity index (χ1v) is 7.96. The Morgan fingerprint density at radius 1 is 1.30 bits per heavy atom. The largest absolute Gasteiger partial charge is 0.398 e. The number of hydrogen-bond donors (Lipinski definition) is 3. The van der Waals surface area contributed by atoms with Gasteiger partial charge in [-0.3, -0.25) is 4.79 Å². The lowest BCUT2D eigenvalue weighted by atomic mass is 10.1. The second-order valence-electron chi connectivity index (χ2n) is 4.85. The Bertz CT molecular complexity index is 632. The zero-order valence-corrected chi connectivity index (χ0v) is 11.5. The highest BCUT2D eigenvalue weighted by atomic mass is 32.2. The van der Waals surface area contributed by atoms with E-state index in [2.05, 4.69) is 5.32 Å². The van der Waals surface area contributed by atoms with Crippen LogP contribution in [0, 0.1) is 5.82 Å². The molecule has 0 unspecified atom stereocenters. The summed E-state index contributed by atoms with van der Waals surface area (Å²) in [5.74, 6) is -1.19. The Labute approximate surface area is 116 Å². The maximum Gasteiger partial charge on any atom is 0.250 e. The number of nitrogens with two attached hydrogens (primary N) is 2. The van der Waals surface area contributed by atoms with Crippen molar-refractivity contribution >= 4 is 27.1 Å². The van der Waals surface area contributed by atoms with Gasteiger partial charge >= 0.3 is 0 Å². The Morgan fingerprint density at radius 3 is 2.45 bits per heavy atom. The molecule has 6 nitrogen and oxygen atoms in total. The lowest BCUT2D eigenvalue weighted by Gasteiger charge is -2.24. The van der Waals surface area contributed by atoms with Crippen LogP contribution in [0.1, 0.15) is 23.2 Å². The summed E-state index contributed by atoms with van der Waals surface area (Å²) in [6, 6.07) is 2.13. The van der Waals surface area contributed by atoms with Gasteiger partial charge in [0.25, 0.3) is 5.91 Å². The maximum absolute atomic E-state index is 13.8. The fourth-order valence-electron chi connectivity index (χ4n) is 2.17. The van der Waals surface area contributed by atoms with Gasteiger partial charge in [-0.1, -0.05) is 0 Å². The number of amides is 1. The van der Waals surface area contributed by atoms with Gasteiger partial charge in [0, 0.05) is 11.7 Å². The van der Waals surface area contributed by atoms with Gasteiger partial charge < -0.3 is 16.8 Å². The fourth-order valence-corrected chi connectivity index (χ4v) is 3.66. The van der Waals surface area contributed by atoms with E-state index < -0.39 is 21.6 Å². The zero-order chi connectivity index (χ0) is 14.9. The summed E-state index contributed by atoms with van der Waals surface area (Å²) in [6.07, 6.45) is 0.802. The summed E-state index contributed by atoms with van der Waals surface area (Å²) in [5, 5.41) is 2.91. The van der Waals surface area contributed by atoms with Gasteiger partial charge in [0.2, 0.25) is 0 Å². The van der Waals surface area contributed by atoms with Crippen LogP contribution in [-0.4, -0.2) is 31.9 Å². The van der Waals surface area contributed by atoms with Crippen molar-refractivity contribution in [1.29, 1.82) is 0 Å². The molecule has 1 aromatic rings. The molecule has 0 spiro atoms. The molecule has 110 valence electrons. The summed E-state index contributed by atoms with van der Waals surface area (Å²) in [7, 11) is -2.97. The maximum atomic E-state index is 13.8. The minimum atomic E-state index is -2.97. The number of nitrogens with one attached hydrogen (secondary N) is 1. The number of carbonyl (C=O) groups excluding carboxylic acids is 1. The van der Waals surface area contributed by atoms with Crippen molar-refractivity contribution in [3.05, 3.63) is 23.5 Å². The van der Waals surface area contributed by atoms with Gasteiger partial charge in [0.15, 0.2) is 0 Å². The molecule has 1 heterocycles. The number of rotatable bonds is 3. The smallest absolute Gasteiger partial charge is 0.250 e. The molecule has 1 aliphatic rings. The van der Waals surface area contributed by atoms with Crippen molar-refractivity contribution in [1.82, 2.24) is 0 Å². The van der Waals surface area contributed by atoms with Crippen LogP contribution in [0.3, 0.4) is 0 Å². The molecule has 2 rings (SSSR count). The van der Waals surface area contributed by atoms with Gasteiger partial charge in [-0.2, -0.15) is 0 Å². The van der Waals surface area contributed by atoms with E-state index in [1.165, 1.54) is 6.07 Å². The van der Waals surface area contributed by atoms with E-state index in [-0.39, 0.29) is 34.5 Å². The highest BCUT2D eigenvalue weighted by Crippen LogP contribution is 2.25. The fraction of sp³-hybridized carbons (Fsp3) is 0.417. The van der Waals surface area contributed by atoms with E-state index in [9.17, 15) is 17.6 Å². The molecule has 20 heavy (non-hydrogen) atoms. The third-order valence-corrected chi connectivity index (χ3v) is 5.03. The molecule has 1 saturated heterocycles. The molecule has 5 N–H and O–H groups in total. The van der Waals surface area contributed by atoms with Gasteiger partial charge in [-0.05, 0) is 25.0 Å². The van der Waals surface area contributed by atoms with Crippen molar-refractivity contribution in [3.8, 4) is 0 Å². The zero-order valence-electron chi connectivity index (χ0n) is 10.7. The predicted octanol–water partition coefficient (Wildman–Crippen LogP) is 0.496. The van der Waals surface area contributed by atoms with E-state index in [0.29, 0.717) is 12.8 Å². The normalized spacial score (nSPS) is 18.6. The Morgan fingerprint density at radius 2 is 1.90 bits per heavy atom. The highest BCUT2D eigenvalue weighted by Gasteiger charge is 2.24. The minimum Gasteiger partial charge on any atom is -0.398 e. The molecular formula is C12H16FN3O3S. The standard InChI is InChI=1S/C12H16FN3O3S/c13-9-6-10(14)8(12(15)17)5-11(9)16-7-1-3-20(18,19)4-2-7/h5-7,16H,1-4,14H2,(H2,15,17). The lowest BCUT2D eigenvalue weighted by Crippen LogP contribution is -2.32. The van der Waals surface area contributed by atoms with Crippen molar-refractivity contribution in [2.75, 3.05) is 22.6 Å². The topological polar surface area (TPSA) is 115 Å². The van der Waals surface area contributed by atoms with Crippen LogP contribution in [-0.2, 0) is 9.84 Å². The molecule has 1 aromatic carbocycles. The Kier molecular flexibility index (Phi) is 3.85. The summed E-state index contributed by atoms with van der Waals surface area (Å²) >= 11 is 0. The molecule has 1 aliphatic heterocycles. The van der Waals surface area contributed by atoms with Crippen LogP contribution in [0.5, 0.6) is 0 Å². The van der Waals surface area contributed by atoms with Gasteiger partial charge in [-0.15, -0.1) is 0 Å². The van der Waals surface area contributed by atoms with Crippen molar-refractivity contribution in [2.24, 2.45) is 5.73 Å². The number of nitrogen functional groups attached to an aromatic ring is 1. The number of anilines is 2. The van der Waals surface area contributed by atoms with E-state index in [1.54, 1.807) is 0 Å². The predicted molar refractivity (Wildman–Crippen MR) is 74.6 cm³/mol. The van der Waals surface area contributed by atoms with E-state index in [0.717, 1.165) is 6.07 Å². The first-order chi connectivity index (χ1) is 9.28. The lowest BCUT2D eigenvalue weighted by molar-refractivity contribution is 0.100. The summed E-state index contributed by atoms with van der Waals surface area (Å²) in [4.78, 5) is 11.2. The van der Waals surface area contributed by atoms with Gasteiger partial charge in [0.05, 0.1) is 22.8 Å². The van der Waals surface area contributed by atoms with Crippen LogP contribution < -0.4 is 16.8 Å². The number of halogens is 1. The Hall–Kier alpha value is -1.83. The number of hydrogen-bond acceptors (Lipinski definition) is 5. The van der Waals surface area contributed by atoms with Crippen LogP contribution in [0.4, 0.5) is 15.8 Å². The van der Waals surface area contributed by atoms with E-state index >= 15 is 0 Å². The minimum absolute atomic E-state index is 0.0215. The second kappa shape index (κ2) is 5.28. The van der Waals surface area contributed by atoms with Crippen LogP contribution in [0.2, 0.25) is 0 Å². The van der Waals surface area contributed by atoms with Crippen LogP contribution in [0.15, 0.2) is 12.1 Å². The summed E-state index contributed by atoms with van der Waals surface area (Å²) in [5.41, 5.74) is 10.8. The monoisotopic (exact) mass is 301 g/mol. The molecule has 1 amide bonds. The van der Waals surface area contributed by atoms with Crippen molar-refractivity contribution < 1.29 is 17.6 Å². The highest BCUT2D eigenvalue weighted by molar-refractivity contribution is 7.91. The SMILES string of the molecule is NC(=O)c1cc(NC2CCS(=O)(=O)CC2)c(F)cc1N. The van der Waals surface area contributed by atoms with E-state index in [4.69, 9.17) is 11.5 Å². The molecule has 0 atom stereocenters. The third-order valence-electron chi connectivity index (χ3n) is 3.32. The number of carbonyl (C=O) groups is 1. The first kappa shape index (κ1) is 14.6.